The van der Waals surface area contributed by atoms with E-state index in [2.05, 4.69) is 18.6 Å². The molecule has 4 nitrogen and oxygen atoms in total. The maximum atomic E-state index is 12.0. The van der Waals surface area contributed by atoms with Gasteiger partial charge in [-0.2, -0.15) is 0 Å². The fourth-order valence-corrected chi connectivity index (χ4v) is 3.63. The van der Waals surface area contributed by atoms with Crippen LogP contribution in [0.3, 0.4) is 0 Å². The van der Waals surface area contributed by atoms with Crippen molar-refractivity contribution in [3.8, 4) is 0 Å². The molecule has 0 saturated carbocycles. The Balaban J connectivity index is 2.77. The van der Waals surface area contributed by atoms with Crippen LogP contribution in [0.2, 0.25) is 0 Å². The smallest absolute Gasteiger partial charge is 0.250 e. The van der Waals surface area contributed by atoms with Crippen LogP contribution < -0.4 is 4.72 Å². The quantitative estimate of drug-likeness (QED) is 0.844. The summed E-state index contributed by atoms with van der Waals surface area (Å²) >= 11 is 1.10. The van der Waals surface area contributed by atoms with Crippen LogP contribution in [0.4, 0.5) is 0 Å². The molecule has 0 aliphatic heterocycles. The van der Waals surface area contributed by atoms with Gasteiger partial charge in [0.2, 0.25) is 10.0 Å². The van der Waals surface area contributed by atoms with E-state index in [-0.39, 0.29) is 16.2 Å². The van der Waals surface area contributed by atoms with Crippen LogP contribution in [0.25, 0.3) is 0 Å². The van der Waals surface area contributed by atoms with E-state index in [1.165, 1.54) is 6.07 Å². The van der Waals surface area contributed by atoms with E-state index >= 15 is 0 Å². The summed E-state index contributed by atoms with van der Waals surface area (Å²) < 4.78 is 27.0. The zero-order chi connectivity index (χ0) is 14.0. The predicted molar refractivity (Wildman–Crippen MR) is 74.0 cm³/mol. The van der Waals surface area contributed by atoms with Crippen LogP contribution in [0.15, 0.2) is 16.3 Å². The Kier molecular flexibility index (Phi) is 4.94. The molecule has 1 heterocycles. The highest BCUT2D eigenvalue weighted by molar-refractivity contribution is 7.91. The van der Waals surface area contributed by atoms with Gasteiger partial charge in [0.15, 0.2) is 0 Å². The summed E-state index contributed by atoms with van der Waals surface area (Å²) in [4.78, 5) is 0.651. The molecular weight excluding hydrogens is 270 g/mol. The van der Waals surface area contributed by atoms with Gasteiger partial charge in [0, 0.05) is 11.4 Å². The Bertz CT molecular complexity index is 489. The van der Waals surface area contributed by atoms with Gasteiger partial charge in [-0.25, -0.2) is 13.1 Å². The third-order valence-electron chi connectivity index (χ3n) is 3.34. The lowest BCUT2D eigenvalue weighted by atomic mass is 9.81. The van der Waals surface area contributed by atoms with E-state index in [0.29, 0.717) is 17.3 Å². The number of sulfonamides is 1. The second-order valence-electron chi connectivity index (χ2n) is 5.35. The topological polar surface area (TPSA) is 66.4 Å². The number of hydrogen-bond donors (Lipinski definition) is 2. The lowest BCUT2D eigenvalue weighted by molar-refractivity contribution is 0.252. The first-order valence-electron chi connectivity index (χ1n) is 5.88. The fourth-order valence-electron chi connectivity index (χ4n) is 1.14. The highest BCUT2D eigenvalue weighted by atomic mass is 32.2. The molecule has 1 rings (SSSR count). The van der Waals surface area contributed by atoms with Crippen molar-refractivity contribution in [2.75, 3.05) is 6.54 Å². The normalized spacial score (nSPS) is 13.2. The second-order valence-corrected chi connectivity index (χ2v) is 8.51. The van der Waals surface area contributed by atoms with Crippen LogP contribution in [-0.2, 0) is 16.6 Å². The monoisotopic (exact) mass is 291 g/mol. The van der Waals surface area contributed by atoms with Crippen molar-refractivity contribution in [3.05, 3.63) is 17.0 Å². The molecule has 0 atom stereocenters. The van der Waals surface area contributed by atoms with Crippen LogP contribution in [0.1, 0.15) is 32.6 Å². The van der Waals surface area contributed by atoms with Gasteiger partial charge in [-0.05, 0) is 23.5 Å². The lowest BCUT2D eigenvalue weighted by Gasteiger charge is -2.29. The molecule has 1 aromatic heterocycles. The average Bonchev–Trinajstić information content (AvgIpc) is 2.75. The zero-order valence-corrected chi connectivity index (χ0v) is 12.9. The van der Waals surface area contributed by atoms with E-state index in [1.54, 1.807) is 6.07 Å². The van der Waals surface area contributed by atoms with Gasteiger partial charge in [-0.15, -0.1) is 11.3 Å². The van der Waals surface area contributed by atoms with Crippen molar-refractivity contribution in [2.24, 2.45) is 11.3 Å². The summed E-state index contributed by atoms with van der Waals surface area (Å²) in [5.41, 5.74) is -0.0931. The molecule has 18 heavy (non-hydrogen) atoms. The molecule has 0 spiro atoms. The van der Waals surface area contributed by atoms with Gasteiger partial charge in [0.05, 0.1) is 6.61 Å². The summed E-state index contributed by atoms with van der Waals surface area (Å²) in [6.07, 6.45) is 0. The van der Waals surface area contributed by atoms with Gasteiger partial charge in [-0.3, -0.25) is 0 Å². The summed E-state index contributed by atoms with van der Waals surface area (Å²) in [5, 5.41) is 8.94. The first kappa shape index (κ1) is 15.6. The molecule has 0 aliphatic rings. The Labute approximate surface area is 113 Å². The number of hydrogen-bond acceptors (Lipinski definition) is 4. The Morgan fingerprint density at radius 3 is 2.44 bits per heavy atom. The van der Waals surface area contributed by atoms with Crippen molar-refractivity contribution in [1.29, 1.82) is 0 Å². The molecule has 0 amide bonds. The maximum absolute atomic E-state index is 12.0. The molecule has 0 bridgehead atoms. The Hall–Kier alpha value is -0.430. The maximum Gasteiger partial charge on any atom is 0.250 e. The van der Waals surface area contributed by atoms with Gasteiger partial charge >= 0.3 is 0 Å². The molecule has 0 saturated heterocycles. The number of aliphatic hydroxyl groups is 1. The molecule has 6 heteroatoms. The third kappa shape index (κ3) is 3.78. The van der Waals surface area contributed by atoms with Gasteiger partial charge in [-0.1, -0.05) is 27.7 Å². The van der Waals surface area contributed by atoms with Gasteiger partial charge in [0.25, 0.3) is 0 Å². The molecular formula is C12H21NO3S2. The molecule has 0 aliphatic carbocycles. The minimum atomic E-state index is -3.46. The molecule has 0 radical (unpaired) electrons. The van der Waals surface area contributed by atoms with Crippen LogP contribution in [0.5, 0.6) is 0 Å². The third-order valence-corrected chi connectivity index (χ3v) is 6.30. The lowest BCUT2D eigenvalue weighted by Crippen LogP contribution is -2.36. The molecule has 0 fully saturated rings. The van der Waals surface area contributed by atoms with Gasteiger partial charge in [0.1, 0.15) is 4.21 Å². The minimum Gasteiger partial charge on any atom is -0.391 e. The standard InChI is InChI=1S/C12H21NO3S2/c1-9(2)12(3,4)8-13-18(15,16)11-6-5-10(7-14)17-11/h5-6,9,13-14H,7-8H2,1-4H3. The predicted octanol–water partition coefficient (Wildman–Crippen LogP) is 2.20. The van der Waals surface area contributed by atoms with E-state index in [9.17, 15) is 8.42 Å². The fraction of sp³-hybridized carbons (Fsp3) is 0.667. The van der Waals surface area contributed by atoms with Crippen molar-refractivity contribution in [1.82, 2.24) is 4.72 Å². The van der Waals surface area contributed by atoms with Crippen LogP contribution >= 0.6 is 11.3 Å². The summed E-state index contributed by atoms with van der Waals surface area (Å²) in [7, 11) is -3.46. The molecule has 2 N–H and O–H groups in total. The number of thiophene rings is 1. The van der Waals surface area contributed by atoms with E-state index in [1.807, 2.05) is 13.8 Å². The number of nitrogens with one attached hydrogen (secondary N) is 1. The Morgan fingerprint density at radius 1 is 1.39 bits per heavy atom. The summed E-state index contributed by atoms with van der Waals surface area (Å²) in [6, 6.07) is 3.16. The van der Waals surface area contributed by atoms with Crippen molar-refractivity contribution in [2.45, 2.75) is 38.5 Å². The van der Waals surface area contributed by atoms with E-state index in [0.717, 1.165) is 11.3 Å². The minimum absolute atomic E-state index is 0.0931. The second kappa shape index (κ2) is 5.69. The molecule has 0 unspecified atom stereocenters. The molecule has 0 aromatic carbocycles. The number of aliphatic hydroxyl groups excluding tert-OH is 1. The average molecular weight is 291 g/mol. The van der Waals surface area contributed by atoms with E-state index in [4.69, 9.17) is 5.11 Å². The Morgan fingerprint density at radius 2 is 2.00 bits per heavy atom. The first-order chi connectivity index (χ1) is 8.19. The van der Waals surface area contributed by atoms with Crippen molar-refractivity contribution < 1.29 is 13.5 Å². The largest absolute Gasteiger partial charge is 0.391 e. The summed E-state index contributed by atoms with van der Waals surface area (Å²) in [5.74, 6) is 0.386. The number of rotatable bonds is 6. The van der Waals surface area contributed by atoms with Crippen molar-refractivity contribution in [3.63, 3.8) is 0 Å². The highest BCUT2D eigenvalue weighted by Crippen LogP contribution is 2.26. The van der Waals surface area contributed by atoms with E-state index < -0.39 is 10.0 Å². The van der Waals surface area contributed by atoms with Crippen LogP contribution in [0, 0.1) is 11.3 Å². The summed E-state index contributed by atoms with van der Waals surface area (Å²) in [6.45, 7) is 8.49. The highest BCUT2D eigenvalue weighted by Gasteiger charge is 2.26. The van der Waals surface area contributed by atoms with Crippen LogP contribution in [-0.4, -0.2) is 20.1 Å². The zero-order valence-electron chi connectivity index (χ0n) is 11.2. The first-order valence-corrected chi connectivity index (χ1v) is 8.18. The molecule has 1 aromatic rings. The SMILES string of the molecule is CC(C)C(C)(C)CNS(=O)(=O)c1ccc(CO)s1. The van der Waals surface area contributed by atoms with Crippen molar-refractivity contribution >= 4 is 21.4 Å². The van der Waals surface area contributed by atoms with Gasteiger partial charge < -0.3 is 5.11 Å². The molecule has 104 valence electrons.